The molecular weight excluding hydrogens is 410 g/mol. The van der Waals surface area contributed by atoms with E-state index in [4.69, 9.17) is 0 Å². The number of H-pyrrole nitrogens is 1. The summed E-state index contributed by atoms with van der Waals surface area (Å²) in [7, 11) is 0. The highest BCUT2D eigenvalue weighted by Crippen LogP contribution is 2.22. The van der Waals surface area contributed by atoms with Gasteiger partial charge in [-0.25, -0.2) is 9.67 Å². The number of hydrogen-bond acceptors (Lipinski definition) is 5. The molecule has 8 heteroatoms. The van der Waals surface area contributed by atoms with Gasteiger partial charge >= 0.3 is 0 Å². The Morgan fingerprint density at radius 3 is 2.45 bits per heavy atom. The lowest BCUT2D eigenvalue weighted by atomic mass is 9.96. The van der Waals surface area contributed by atoms with Crippen LogP contribution in [0.15, 0.2) is 76.8 Å². The molecule has 2 aromatic carbocycles. The predicted octanol–water partition coefficient (Wildman–Crippen LogP) is 3.71. The lowest BCUT2D eigenvalue weighted by Crippen LogP contribution is -2.33. The molecule has 0 fully saturated rings. The van der Waals surface area contributed by atoms with Gasteiger partial charge in [-0.2, -0.15) is 5.10 Å². The molecule has 0 aliphatic heterocycles. The molecule has 2 aromatic heterocycles. The van der Waals surface area contributed by atoms with Crippen LogP contribution >= 0.6 is 11.8 Å². The number of amides is 1. The van der Waals surface area contributed by atoms with Gasteiger partial charge in [-0.05, 0) is 23.6 Å². The van der Waals surface area contributed by atoms with Gasteiger partial charge in [0.05, 0.1) is 23.7 Å². The van der Waals surface area contributed by atoms with Crippen molar-refractivity contribution in [3.05, 3.63) is 82.8 Å². The van der Waals surface area contributed by atoms with Crippen molar-refractivity contribution in [1.82, 2.24) is 25.1 Å². The Labute approximate surface area is 183 Å². The Morgan fingerprint density at radius 1 is 1.10 bits per heavy atom. The molecule has 2 heterocycles. The lowest BCUT2D eigenvalue weighted by molar-refractivity contribution is -0.119. The van der Waals surface area contributed by atoms with Crippen molar-refractivity contribution in [2.75, 3.05) is 5.75 Å². The van der Waals surface area contributed by atoms with E-state index in [0.29, 0.717) is 16.2 Å². The summed E-state index contributed by atoms with van der Waals surface area (Å²) in [6, 6.07) is 19.3. The smallest absolute Gasteiger partial charge is 0.262 e. The van der Waals surface area contributed by atoms with Crippen LogP contribution in [0.3, 0.4) is 0 Å². The maximum absolute atomic E-state index is 12.6. The summed E-state index contributed by atoms with van der Waals surface area (Å²) >= 11 is 1.19. The van der Waals surface area contributed by atoms with Crippen LogP contribution in [0.1, 0.15) is 25.5 Å². The number of nitrogens with one attached hydrogen (secondary N) is 2. The van der Waals surface area contributed by atoms with E-state index in [-0.39, 0.29) is 29.2 Å². The quantitative estimate of drug-likeness (QED) is 0.342. The van der Waals surface area contributed by atoms with Crippen LogP contribution in [0.25, 0.3) is 16.7 Å². The molecule has 0 radical (unpaired) electrons. The number of carbonyl (C=O) groups excluding carboxylic acids is 1. The molecule has 0 spiro atoms. The maximum Gasteiger partial charge on any atom is 0.262 e. The Kier molecular flexibility index (Phi) is 6.18. The standard InChI is InChI=1S/C23H23N5O2S/c1-15(2)20(16-9-5-3-6-10-16)25-19(29)14-31-23-26-21-18(22(30)27-23)13-24-28(21)17-11-7-4-8-12-17/h3-13,15,20H,14H2,1-2H3,(H,25,29)(H,26,27,30). The first-order valence-corrected chi connectivity index (χ1v) is 11.0. The largest absolute Gasteiger partial charge is 0.348 e. The van der Waals surface area contributed by atoms with E-state index in [1.165, 1.54) is 18.0 Å². The molecule has 0 aliphatic rings. The molecule has 4 aromatic rings. The Bertz CT molecular complexity index is 1240. The first kappa shape index (κ1) is 20.9. The van der Waals surface area contributed by atoms with Gasteiger partial charge in [-0.15, -0.1) is 0 Å². The summed E-state index contributed by atoms with van der Waals surface area (Å²) in [5, 5.41) is 8.18. The van der Waals surface area contributed by atoms with Gasteiger partial charge < -0.3 is 10.3 Å². The molecule has 0 saturated heterocycles. The fraction of sp³-hybridized carbons (Fsp3) is 0.217. The monoisotopic (exact) mass is 433 g/mol. The molecule has 2 N–H and O–H groups in total. The maximum atomic E-state index is 12.6. The van der Waals surface area contributed by atoms with Crippen LogP contribution in [0.5, 0.6) is 0 Å². The number of carbonyl (C=O) groups is 1. The second-order valence-corrected chi connectivity index (χ2v) is 8.45. The fourth-order valence-corrected chi connectivity index (χ4v) is 4.04. The van der Waals surface area contributed by atoms with Crippen LogP contribution in [0.4, 0.5) is 0 Å². The molecule has 0 aliphatic carbocycles. The van der Waals surface area contributed by atoms with Crippen LogP contribution < -0.4 is 10.9 Å². The van der Waals surface area contributed by atoms with Gasteiger partial charge in [0.2, 0.25) is 5.91 Å². The number of benzene rings is 2. The van der Waals surface area contributed by atoms with Gasteiger partial charge in [-0.1, -0.05) is 74.1 Å². The molecule has 1 atom stereocenters. The molecule has 1 unspecified atom stereocenters. The van der Waals surface area contributed by atoms with Crippen molar-refractivity contribution in [2.24, 2.45) is 5.92 Å². The number of rotatable bonds is 7. The summed E-state index contributed by atoms with van der Waals surface area (Å²) in [4.78, 5) is 32.4. The summed E-state index contributed by atoms with van der Waals surface area (Å²) < 4.78 is 1.62. The first-order valence-electron chi connectivity index (χ1n) is 10.0. The number of para-hydroxylation sites is 1. The van der Waals surface area contributed by atoms with Crippen molar-refractivity contribution in [1.29, 1.82) is 0 Å². The minimum atomic E-state index is -0.278. The predicted molar refractivity (Wildman–Crippen MR) is 122 cm³/mol. The highest BCUT2D eigenvalue weighted by Gasteiger charge is 2.19. The van der Waals surface area contributed by atoms with Crippen LogP contribution in [-0.4, -0.2) is 31.4 Å². The third kappa shape index (κ3) is 4.69. The third-order valence-electron chi connectivity index (χ3n) is 4.90. The highest BCUT2D eigenvalue weighted by molar-refractivity contribution is 7.99. The number of aromatic nitrogens is 4. The van der Waals surface area contributed by atoms with Crippen LogP contribution in [0, 0.1) is 5.92 Å². The van der Waals surface area contributed by atoms with E-state index in [1.54, 1.807) is 4.68 Å². The number of hydrogen-bond donors (Lipinski definition) is 2. The third-order valence-corrected chi connectivity index (χ3v) is 5.77. The van der Waals surface area contributed by atoms with E-state index >= 15 is 0 Å². The summed E-state index contributed by atoms with van der Waals surface area (Å²) in [6.45, 7) is 4.14. The van der Waals surface area contributed by atoms with Crippen LogP contribution in [-0.2, 0) is 4.79 Å². The lowest BCUT2D eigenvalue weighted by Gasteiger charge is -2.22. The Hall–Kier alpha value is -3.39. The van der Waals surface area contributed by atoms with Crippen molar-refractivity contribution in [2.45, 2.75) is 25.0 Å². The number of aromatic amines is 1. The number of nitrogens with zero attached hydrogens (tertiary/aromatic N) is 3. The highest BCUT2D eigenvalue weighted by atomic mass is 32.2. The average molecular weight is 434 g/mol. The summed E-state index contributed by atoms with van der Waals surface area (Å²) in [6.07, 6.45) is 1.50. The van der Waals surface area contributed by atoms with E-state index < -0.39 is 0 Å². The Balaban J connectivity index is 1.51. The van der Waals surface area contributed by atoms with E-state index in [2.05, 4.69) is 34.2 Å². The van der Waals surface area contributed by atoms with E-state index in [9.17, 15) is 9.59 Å². The molecule has 7 nitrogen and oxygen atoms in total. The minimum Gasteiger partial charge on any atom is -0.348 e. The minimum absolute atomic E-state index is 0.0803. The SMILES string of the molecule is CC(C)C(NC(=O)CSc1nc2c(cnn2-c2ccccc2)c(=O)[nH]1)c1ccccc1. The van der Waals surface area contributed by atoms with Crippen molar-refractivity contribution in [3.8, 4) is 5.69 Å². The van der Waals surface area contributed by atoms with Gasteiger partial charge in [0.15, 0.2) is 10.8 Å². The first-order chi connectivity index (χ1) is 15.0. The van der Waals surface area contributed by atoms with Gasteiger partial charge in [0.25, 0.3) is 5.56 Å². The molecule has 4 rings (SSSR count). The van der Waals surface area contributed by atoms with Crippen LogP contribution in [0.2, 0.25) is 0 Å². The molecular formula is C23H23N5O2S. The summed E-state index contributed by atoms with van der Waals surface area (Å²) in [5.74, 6) is 0.266. The zero-order chi connectivity index (χ0) is 21.8. The van der Waals surface area contributed by atoms with E-state index in [1.807, 2.05) is 60.7 Å². The topological polar surface area (TPSA) is 92.7 Å². The van der Waals surface area contributed by atoms with Crippen molar-refractivity contribution in [3.63, 3.8) is 0 Å². The van der Waals surface area contributed by atoms with Gasteiger partial charge in [-0.3, -0.25) is 9.59 Å². The zero-order valence-electron chi connectivity index (χ0n) is 17.3. The van der Waals surface area contributed by atoms with Crippen molar-refractivity contribution < 1.29 is 4.79 Å². The van der Waals surface area contributed by atoms with E-state index in [0.717, 1.165) is 11.3 Å². The normalized spacial score (nSPS) is 12.2. The number of thioether (sulfide) groups is 1. The fourth-order valence-electron chi connectivity index (χ4n) is 3.37. The molecule has 1 amide bonds. The average Bonchev–Trinajstić information content (AvgIpc) is 3.21. The van der Waals surface area contributed by atoms with Gasteiger partial charge in [0.1, 0.15) is 5.39 Å². The molecule has 158 valence electrons. The molecule has 0 bridgehead atoms. The number of fused-ring (bicyclic) bond motifs is 1. The second-order valence-electron chi connectivity index (χ2n) is 7.49. The summed E-state index contributed by atoms with van der Waals surface area (Å²) in [5.41, 5.74) is 2.06. The second kappa shape index (κ2) is 9.18. The molecule has 0 saturated carbocycles. The van der Waals surface area contributed by atoms with Crippen molar-refractivity contribution >= 4 is 28.7 Å². The Morgan fingerprint density at radius 2 is 1.77 bits per heavy atom. The van der Waals surface area contributed by atoms with Gasteiger partial charge in [0, 0.05) is 0 Å². The zero-order valence-corrected chi connectivity index (χ0v) is 18.1. The molecule has 31 heavy (non-hydrogen) atoms.